The predicted octanol–water partition coefficient (Wildman–Crippen LogP) is 3.71. The molecule has 0 aromatic heterocycles. The van der Waals surface area contributed by atoms with Crippen LogP contribution in [0.4, 0.5) is 5.69 Å². The third-order valence-corrected chi connectivity index (χ3v) is 4.38. The maximum atomic E-state index is 5.85. The molecular weight excluding hydrogens is 308 g/mol. The van der Waals surface area contributed by atoms with Gasteiger partial charge in [0.05, 0.1) is 0 Å². The van der Waals surface area contributed by atoms with Gasteiger partial charge in [0.25, 0.3) is 0 Å². The largest absolute Gasteiger partial charge is 0.389 e. The van der Waals surface area contributed by atoms with Gasteiger partial charge in [0, 0.05) is 28.3 Å². The highest BCUT2D eigenvalue weighted by atomic mass is 79.9. The first-order chi connectivity index (χ1) is 8.49. The zero-order chi connectivity index (χ0) is 13.3. The van der Waals surface area contributed by atoms with E-state index in [2.05, 4.69) is 46.8 Å². The molecule has 0 saturated carbocycles. The molecule has 1 fully saturated rings. The minimum absolute atomic E-state index is 0.470. The van der Waals surface area contributed by atoms with Gasteiger partial charge >= 0.3 is 0 Å². The molecule has 18 heavy (non-hydrogen) atoms. The van der Waals surface area contributed by atoms with Gasteiger partial charge in [0.15, 0.2) is 0 Å². The third-order valence-electron chi connectivity index (χ3n) is 3.67. The van der Waals surface area contributed by atoms with Crippen LogP contribution in [0.3, 0.4) is 0 Å². The summed E-state index contributed by atoms with van der Waals surface area (Å²) in [6.45, 7) is 5.69. The summed E-state index contributed by atoms with van der Waals surface area (Å²) in [5.41, 5.74) is 7.99. The molecule has 1 aliphatic heterocycles. The average Bonchev–Trinajstić information content (AvgIpc) is 2.29. The Bertz CT molecular complexity index is 461. The molecule has 0 amide bonds. The average molecular weight is 327 g/mol. The molecule has 1 aliphatic rings. The molecule has 4 heteroatoms. The van der Waals surface area contributed by atoms with Crippen LogP contribution in [0, 0.1) is 5.92 Å². The number of hydrogen-bond acceptors (Lipinski definition) is 2. The van der Waals surface area contributed by atoms with Crippen LogP contribution in [0.15, 0.2) is 22.7 Å². The Hall–Kier alpha value is -0.610. The Balaban J connectivity index is 2.35. The van der Waals surface area contributed by atoms with Crippen molar-refractivity contribution in [2.75, 3.05) is 11.4 Å². The maximum Gasteiger partial charge on any atom is 0.106 e. The normalized spacial score (nSPS) is 24.1. The molecule has 0 bridgehead atoms. The molecule has 1 aromatic rings. The van der Waals surface area contributed by atoms with Crippen LogP contribution >= 0.6 is 28.1 Å². The van der Waals surface area contributed by atoms with Crippen molar-refractivity contribution in [3.8, 4) is 0 Å². The molecule has 2 N–H and O–H groups in total. The van der Waals surface area contributed by atoms with E-state index in [0.717, 1.165) is 22.5 Å². The van der Waals surface area contributed by atoms with E-state index in [-0.39, 0.29) is 0 Å². The van der Waals surface area contributed by atoms with Gasteiger partial charge in [-0.15, -0.1) is 0 Å². The van der Waals surface area contributed by atoms with Crippen molar-refractivity contribution in [2.45, 2.75) is 32.7 Å². The summed E-state index contributed by atoms with van der Waals surface area (Å²) in [6.07, 6.45) is 2.46. The van der Waals surface area contributed by atoms with Gasteiger partial charge in [-0.25, -0.2) is 0 Å². The van der Waals surface area contributed by atoms with Crippen molar-refractivity contribution in [3.05, 3.63) is 28.2 Å². The molecule has 0 spiro atoms. The molecule has 2 rings (SSSR count). The van der Waals surface area contributed by atoms with Crippen molar-refractivity contribution in [2.24, 2.45) is 11.7 Å². The van der Waals surface area contributed by atoms with E-state index in [4.69, 9.17) is 18.0 Å². The third kappa shape index (κ3) is 2.86. The van der Waals surface area contributed by atoms with E-state index in [1.54, 1.807) is 0 Å². The van der Waals surface area contributed by atoms with Gasteiger partial charge < -0.3 is 10.6 Å². The van der Waals surface area contributed by atoms with Crippen molar-refractivity contribution >= 4 is 38.8 Å². The number of rotatable bonds is 2. The second-order valence-electron chi connectivity index (χ2n) is 5.20. The summed E-state index contributed by atoms with van der Waals surface area (Å²) in [4.78, 5) is 2.90. The molecule has 2 atom stereocenters. The van der Waals surface area contributed by atoms with Crippen molar-refractivity contribution in [1.82, 2.24) is 0 Å². The van der Waals surface area contributed by atoms with E-state index in [1.807, 2.05) is 6.07 Å². The number of benzene rings is 1. The Kier molecular flexibility index (Phi) is 4.28. The van der Waals surface area contributed by atoms with Gasteiger partial charge in [0.1, 0.15) is 4.99 Å². The van der Waals surface area contributed by atoms with Crippen LogP contribution in [0.1, 0.15) is 32.3 Å². The first kappa shape index (κ1) is 13.8. The smallest absolute Gasteiger partial charge is 0.106 e. The van der Waals surface area contributed by atoms with Gasteiger partial charge in [-0.3, -0.25) is 0 Å². The highest BCUT2D eigenvalue weighted by Crippen LogP contribution is 2.31. The van der Waals surface area contributed by atoms with Crippen LogP contribution in [0.2, 0.25) is 0 Å². The summed E-state index contributed by atoms with van der Waals surface area (Å²) >= 11 is 8.65. The van der Waals surface area contributed by atoms with Crippen LogP contribution in [-0.4, -0.2) is 17.6 Å². The van der Waals surface area contributed by atoms with Gasteiger partial charge in [-0.05, 0) is 43.9 Å². The standard InChI is InChI=1S/C14H19BrN2S/c1-9-5-6-17(10(2)7-9)13-4-3-11(15)8-12(13)14(16)18/h3-4,8-10H,5-7H2,1-2H3,(H2,16,18). The van der Waals surface area contributed by atoms with E-state index >= 15 is 0 Å². The number of thiocarbonyl (C=S) groups is 1. The Morgan fingerprint density at radius 2 is 2.17 bits per heavy atom. The minimum Gasteiger partial charge on any atom is -0.389 e. The molecule has 98 valence electrons. The van der Waals surface area contributed by atoms with E-state index in [1.165, 1.54) is 18.5 Å². The first-order valence-electron chi connectivity index (χ1n) is 6.35. The second kappa shape index (κ2) is 5.57. The van der Waals surface area contributed by atoms with E-state index < -0.39 is 0 Å². The monoisotopic (exact) mass is 326 g/mol. The number of piperidine rings is 1. The predicted molar refractivity (Wildman–Crippen MR) is 85.2 cm³/mol. The number of nitrogens with zero attached hydrogens (tertiary/aromatic N) is 1. The molecule has 2 unspecified atom stereocenters. The number of hydrogen-bond donors (Lipinski definition) is 1. The van der Waals surface area contributed by atoms with Crippen molar-refractivity contribution in [3.63, 3.8) is 0 Å². The maximum absolute atomic E-state index is 5.85. The summed E-state index contributed by atoms with van der Waals surface area (Å²) in [7, 11) is 0. The molecular formula is C14H19BrN2S. The lowest BCUT2D eigenvalue weighted by atomic mass is 9.92. The molecule has 1 heterocycles. The first-order valence-corrected chi connectivity index (χ1v) is 7.55. The fourth-order valence-electron chi connectivity index (χ4n) is 2.72. The fourth-order valence-corrected chi connectivity index (χ4v) is 3.25. The number of nitrogens with two attached hydrogens (primary N) is 1. The van der Waals surface area contributed by atoms with Gasteiger partial charge in [0.2, 0.25) is 0 Å². The second-order valence-corrected chi connectivity index (χ2v) is 6.55. The quantitative estimate of drug-likeness (QED) is 0.840. The minimum atomic E-state index is 0.470. The van der Waals surface area contributed by atoms with Crippen LogP contribution in [0.25, 0.3) is 0 Å². The molecule has 2 nitrogen and oxygen atoms in total. The molecule has 1 saturated heterocycles. The number of anilines is 1. The molecule has 0 aliphatic carbocycles. The summed E-state index contributed by atoms with van der Waals surface area (Å²) in [6, 6.07) is 6.73. The van der Waals surface area contributed by atoms with Gasteiger partial charge in [-0.1, -0.05) is 35.1 Å². The lowest BCUT2D eigenvalue weighted by Crippen LogP contribution is -2.41. The molecule has 0 radical (unpaired) electrons. The summed E-state index contributed by atoms with van der Waals surface area (Å²) < 4.78 is 1.02. The lowest BCUT2D eigenvalue weighted by molar-refractivity contribution is 0.378. The Morgan fingerprint density at radius 3 is 2.78 bits per heavy atom. The number of halogens is 1. The van der Waals surface area contributed by atoms with Crippen LogP contribution < -0.4 is 10.6 Å². The van der Waals surface area contributed by atoms with Crippen LogP contribution in [0.5, 0.6) is 0 Å². The SMILES string of the molecule is CC1CCN(c2ccc(Br)cc2C(N)=S)C(C)C1. The summed E-state index contributed by atoms with van der Waals surface area (Å²) in [5.74, 6) is 0.806. The fraction of sp³-hybridized carbons (Fsp3) is 0.500. The topological polar surface area (TPSA) is 29.3 Å². The Labute approximate surface area is 123 Å². The molecule has 1 aromatic carbocycles. The van der Waals surface area contributed by atoms with Gasteiger partial charge in [-0.2, -0.15) is 0 Å². The van der Waals surface area contributed by atoms with E-state index in [9.17, 15) is 0 Å². The van der Waals surface area contributed by atoms with Crippen LogP contribution in [-0.2, 0) is 0 Å². The summed E-state index contributed by atoms with van der Waals surface area (Å²) in [5, 5.41) is 0. The zero-order valence-corrected chi connectivity index (χ0v) is 13.2. The zero-order valence-electron chi connectivity index (χ0n) is 10.8. The lowest BCUT2D eigenvalue weighted by Gasteiger charge is -2.39. The highest BCUT2D eigenvalue weighted by Gasteiger charge is 2.25. The highest BCUT2D eigenvalue weighted by molar-refractivity contribution is 9.10. The van der Waals surface area contributed by atoms with Crippen molar-refractivity contribution < 1.29 is 0 Å². The van der Waals surface area contributed by atoms with Crippen molar-refractivity contribution in [1.29, 1.82) is 0 Å². The Morgan fingerprint density at radius 1 is 1.44 bits per heavy atom. The van der Waals surface area contributed by atoms with E-state index in [0.29, 0.717) is 11.0 Å².